The second-order valence-electron chi connectivity index (χ2n) is 10.6. The lowest BCUT2D eigenvalue weighted by atomic mass is 9.96. The van der Waals surface area contributed by atoms with E-state index >= 15 is 0 Å². The van der Waals surface area contributed by atoms with Crippen LogP contribution in [0.15, 0.2) is 42.6 Å². The highest BCUT2D eigenvalue weighted by Crippen LogP contribution is 2.32. The molecular weight excluding hydrogens is 418 g/mol. The Labute approximate surface area is 205 Å². The second-order valence-corrected chi connectivity index (χ2v) is 10.6. The van der Waals surface area contributed by atoms with E-state index < -0.39 is 0 Å². The standard InChI is InChI=1S/C29H41N5/c1-4-22(2)33-18-10-11-23(19-33)20-34-26-15-8-6-14-25(26)31-28(34)21-32(3)27-16-7-5-12-24-13-9-17-30-29(24)27/h6,8-9,13-15,17,22-23,27H,4-5,7,10-12,16,18-21H2,1-3H3/t22?,23-,27-/m1/s1. The van der Waals surface area contributed by atoms with E-state index in [-0.39, 0.29) is 0 Å². The summed E-state index contributed by atoms with van der Waals surface area (Å²) in [4.78, 5) is 15.2. The minimum atomic E-state index is 0.363. The Bertz CT molecular complexity index is 1090. The third-order valence-corrected chi connectivity index (χ3v) is 8.28. The molecule has 1 aromatic carbocycles. The van der Waals surface area contributed by atoms with E-state index in [1.165, 1.54) is 74.2 Å². The number of imidazole rings is 1. The van der Waals surface area contributed by atoms with Crippen molar-refractivity contribution < 1.29 is 0 Å². The first-order valence-corrected chi connectivity index (χ1v) is 13.5. The maximum absolute atomic E-state index is 5.15. The first-order chi connectivity index (χ1) is 16.6. The summed E-state index contributed by atoms with van der Waals surface area (Å²) in [5.41, 5.74) is 5.12. The summed E-state index contributed by atoms with van der Waals surface area (Å²) in [5.74, 6) is 1.88. The van der Waals surface area contributed by atoms with Gasteiger partial charge >= 0.3 is 0 Å². The molecule has 2 aliphatic rings. The van der Waals surface area contributed by atoms with Gasteiger partial charge in [0.15, 0.2) is 0 Å². The molecule has 0 radical (unpaired) electrons. The molecule has 3 atom stereocenters. The summed E-state index contributed by atoms with van der Waals surface area (Å²) in [6.45, 7) is 9.07. The molecule has 5 rings (SSSR count). The molecule has 1 aliphatic carbocycles. The Hall–Kier alpha value is -2.24. The van der Waals surface area contributed by atoms with Crippen LogP contribution in [0.4, 0.5) is 0 Å². The van der Waals surface area contributed by atoms with Crippen molar-refractivity contribution in [2.75, 3.05) is 20.1 Å². The van der Waals surface area contributed by atoms with Gasteiger partial charge in [-0.05, 0) is 88.7 Å². The number of nitrogens with zero attached hydrogens (tertiary/aromatic N) is 5. The maximum Gasteiger partial charge on any atom is 0.124 e. The smallest absolute Gasteiger partial charge is 0.124 e. The quantitative estimate of drug-likeness (QED) is 0.416. The lowest BCUT2D eigenvalue weighted by molar-refractivity contribution is 0.119. The molecule has 0 saturated carbocycles. The first kappa shape index (κ1) is 23.5. The van der Waals surface area contributed by atoms with Crippen LogP contribution in [0.5, 0.6) is 0 Å². The van der Waals surface area contributed by atoms with Crippen molar-refractivity contribution in [2.24, 2.45) is 5.92 Å². The fourth-order valence-electron chi connectivity index (χ4n) is 6.13. The first-order valence-electron chi connectivity index (χ1n) is 13.5. The second kappa shape index (κ2) is 10.6. The van der Waals surface area contributed by atoms with Crippen molar-refractivity contribution in [2.45, 2.75) is 84.0 Å². The lowest BCUT2D eigenvalue weighted by Crippen LogP contribution is -2.42. The average molecular weight is 460 g/mol. The molecule has 182 valence electrons. The zero-order valence-electron chi connectivity index (χ0n) is 21.3. The van der Waals surface area contributed by atoms with E-state index in [1.807, 2.05) is 6.20 Å². The van der Waals surface area contributed by atoms with E-state index in [1.54, 1.807) is 0 Å². The molecule has 0 bridgehead atoms. The highest BCUT2D eigenvalue weighted by atomic mass is 15.2. The van der Waals surface area contributed by atoms with Gasteiger partial charge in [0, 0.05) is 25.3 Å². The fourth-order valence-corrected chi connectivity index (χ4v) is 6.13. The molecule has 3 aromatic rings. The molecule has 1 fully saturated rings. The van der Waals surface area contributed by atoms with Crippen molar-refractivity contribution >= 4 is 11.0 Å². The number of aryl methyl sites for hydroxylation is 1. The Morgan fingerprint density at radius 1 is 1.09 bits per heavy atom. The third kappa shape index (κ3) is 4.92. The molecule has 0 N–H and O–H groups in total. The van der Waals surface area contributed by atoms with Crippen LogP contribution < -0.4 is 0 Å². The van der Waals surface area contributed by atoms with Gasteiger partial charge < -0.3 is 9.47 Å². The number of para-hydroxylation sites is 2. The van der Waals surface area contributed by atoms with E-state index in [9.17, 15) is 0 Å². The van der Waals surface area contributed by atoms with Crippen LogP contribution in [0, 0.1) is 5.92 Å². The summed E-state index contributed by atoms with van der Waals surface area (Å²) in [6.07, 6.45) is 10.7. The number of pyridine rings is 1. The van der Waals surface area contributed by atoms with Gasteiger partial charge in [-0.2, -0.15) is 0 Å². The SMILES string of the molecule is CCC(C)N1CCC[C@@H](Cn2c(CN(C)[C@@H]3CCCCc4cccnc43)nc3ccccc32)C1. The third-order valence-electron chi connectivity index (χ3n) is 8.28. The van der Waals surface area contributed by atoms with Crippen LogP contribution in [0.1, 0.15) is 75.5 Å². The minimum Gasteiger partial charge on any atom is -0.327 e. The van der Waals surface area contributed by atoms with E-state index in [4.69, 9.17) is 9.97 Å². The number of fused-ring (bicyclic) bond motifs is 2. The fraction of sp³-hybridized carbons (Fsp3) is 0.586. The lowest BCUT2D eigenvalue weighted by Gasteiger charge is -2.37. The highest BCUT2D eigenvalue weighted by molar-refractivity contribution is 5.75. The number of rotatable bonds is 7. The number of hydrogen-bond donors (Lipinski definition) is 0. The summed E-state index contributed by atoms with van der Waals surface area (Å²) >= 11 is 0. The molecule has 5 heteroatoms. The molecule has 1 unspecified atom stereocenters. The summed E-state index contributed by atoms with van der Waals surface area (Å²) < 4.78 is 2.53. The highest BCUT2D eigenvalue weighted by Gasteiger charge is 2.27. The van der Waals surface area contributed by atoms with Crippen molar-refractivity contribution in [1.29, 1.82) is 0 Å². The molecule has 2 aromatic heterocycles. The topological polar surface area (TPSA) is 37.2 Å². The van der Waals surface area contributed by atoms with Gasteiger partial charge in [0.25, 0.3) is 0 Å². The van der Waals surface area contributed by atoms with Crippen LogP contribution in [-0.4, -0.2) is 50.5 Å². The van der Waals surface area contributed by atoms with Gasteiger partial charge in [-0.25, -0.2) is 4.98 Å². The Morgan fingerprint density at radius 3 is 2.85 bits per heavy atom. The van der Waals surface area contributed by atoms with Crippen molar-refractivity contribution in [3.8, 4) is 0 Å². The zero-order valence-corrected chi connectivity index (χ0v) is 21.3. The van der Waals surface area contributed by atoms with Crippen molar-refractivity contribution in [3.05, 3.63) is 59.7 Å². The molecule has 1 aliphatic heterocycles. The van der Waals surface area contributed by atoms with Gasteiger partial charge in [-0.3, -0.25) is 9.88 Å². The van der Waals surface area contributed by atoms with Crippen LogP contribution in [-0.2, 0) is 19.5 Å². The van der Waals surface area contributed by atoms with Crippen molar-refractivity contribution in [1.82, 2.24) is 24.3 Å². The van der Waals surface area contributed by atoms with Gasteiger partial charge in [0.05, 0.1) is 29.3 Å². The number of hydrogen-bond acceptors (Lipinski definition) is 4. The number of benzene rings is 1. The van der Waals surface area contributed by atoms with Gasteiger partial charge in [0.1, 0.15) is 5.82 Å². The van der Waals surface area contributed by atoms with Gasteiger partial charge in [-0.1, -0.05) is 31.5 Å². The van der Waals surface area contributed by atoms with Gasteiger partial charge in [0.2, 0.25) is 0 Å². The molecule has 0 amide bonds. The molecule has 3 heterocycles. The normalized spacial score (nSPS) is 22.6. The Balaban J connectivity index is 1.40. The number of aromatic nitrogens is 3. The molecule has 0 spiro atoms. The summed E-state index contributed by atoms with van der Waals surface area (Å²) in [7, 11) is 2.27. The monoisotopic (exact) mass is 459 g/mol. The van der Waals surface area contributed by atoms with Gasteiger partial charge in [-0.15, -0.1) is 0 Å². The van der Waals surface area contributed by atoms with E-state index in [0.29, 0.717) is 18.0 Å². The average Bonchev–Trinajstić information content (AvgIpc) is 3.05. The van der Waals surface area contributed by atoms with Crippen LogP contribution >= 0.6 is 0 Å². The molecule has 5 nitrogen and oxygen atoms in total. The predicted octanol–water partition coefficient (Wildman–Crippen LogP) is 5.84. The molecular formula is C29H41N5. The van der Waals surface area contributed by atoms with Crippen LogP contribution in [0.3, 0.4) is 0 Å². The Morgan fingerprint density at radius 2 is 1.97 bits per heavy atom. The van der Waals surface area contributed by atoms with E-state index in [0.717, 1.165) is 25.0 Å². The summed E-state index contributed by atoms with van der Waals surface area (Å²) in [5, 5.41) is 0. The molecule has 34 heavy (non-hydrogen) atoms. The zero-order chi connectivity index (χ0) is 23.5. The van der Waals surface area contributed by atoms with Crippen molar-refractivity contribution in [3.63, 3.8) is 0 Å². The minimum absolute atomic E-state index is 0.363. The number of piperidine rings is 1. The largest absolute Gasteiger partial charge is 0.327 e. The number of likely N-dealkylation sites (tertiary alicyclic amines) is 1. The van der Waals surface area contributed by atoms with Crippen LogP contribution in [0.25, 0.3) is 11.0 Å². The van der Waals surface area contributed by atoms with E-state index in [2.05, 4.69) is 71.7 Å². The maximum atomic E-state index is 5.15. The van der Waals surface area contributed by atoms with Crippen LogP contribution in [0.2, 0.25) is 0 Å². The summed E-state index contributed by atoms with van der Waals surface area (Å²) in [6, 6.07) is 14.1. The predicted molar refractivity (Wildman–Crippen MR) is 140 cm³/mol. The Kier molecular flexibility index (Phi) is 7.31. The molecule has 1 saturated heterocycles.